The monoisotopic (exact) mass is 446 g/mol. The molecule has 1 aliphatic rings. The average Bonchev–Trinajstić information content (AvgIpc) is 3.27. The normalized spacial score (nSPS) is 22.3. The maximum atomic E-state index is 12.4. The second-order valence-electron chi connectivity index (χ2n) is 8.88. The molecule has 0 saturated heterocycles. The minimum absolute atomic E-state index is 0.0261. The van der Waals surface area contributed by atoms with E-state index in [1.54, 1.807) is 11.3 Å². The minimum atomic E-state index is -0.761. The standard InChI is InChI=1S/C25H34O5S/c26-18(11-13-19-15-17-7-5-6-9-24(17)31-19)12-14-21-20(22(27)16-23(21)28)8-3-1-2-4-10-25(29)30/h5-7,9,15,18,20-22,26-27H,1-4,8,10-14,16H2,(H,29,30)/t18-,20+,21+,22-/m0/s1. The summed E-state index contributed by atoms with van der Waals surface area (Å²) in [6, 6.07) is 10.5. The third kappa shape index (κ3) is 7.13. The molecule has 31 heavy (non-hydrogen) atoms. The topological polar surface area (TPSA) is 94.8 Å². The molecule has 1 aliphatic carbocycles. The molecule has 1 fully saturated rings. The zero-order chi connectivity index (χ0) is 22.2. The first-order valence-corrected chi connectivity index (χ1v) is 12.3. The van der Waals surface area contributed by atoms with Crippen molar-refractivity contribution < 1.29 is 24.9 Å². The highest BCUT2D eigenvalue weighted by Gasteiger charge is 2.40. The van der Waals surface area contributed by atoms with E-state index in [0.29, 0.717) is 25.7 Å². The fourth-order valence-corrected chi connectivity index (χ4v) is 5.86. The molecule has 4 atom stereocenters. The van der Waals surface area contributed by atoms with Crippen LogP contribution >= 0.6 is 11.3 Å². The molecule has 3 rings (SSSR count). The number of hydrogen-bond acceptors (Lipinski definition) is 5. The minimum Gasteiger partial charge on any atom is -0.481 e. The van der Waals surface area contributed by atoms with E-state index < -0.39 is 18.2 Å². The SMILES string of the molecule is O=C(O)CCCCCC[C@H]1[C@@H](O)CC(=O)[C@@H]1CC[C@@H](O)CCc1cc2ccccc2s1. The van der Waals surface area contributed by atoms with E-state index in [2.05, 4.69) is 18.2 Å². The van der Waals surface area contributed by atoms with Crippen molar-refractivity contribution >= 4 is 33.2 Å². The summed E-state index contributed by atoms with van der Waals surface area (Å²) >= 11 is 1.77. The Kier molecular flexibility index (Phi) is 9.05. The fourth-order valence-electron chi connectivity index (χ4n) is 4.78. The predicted octanol–water partition coefficient (Wildman–Crippen LogP) is 4.97. The number of unbranched alkanes of at least 4 members (excludes halogenated alkanes) is 3. The highest BCUT2D eigenvalue weighted by atomic mass is 32.1. The Morgan fingerprint density at radius 2 is 1.87 bits per heavy atom. The molecule has 1 heterocycles. The second kappa shape index (κ2) is 11.7. The molecule has 1 saturated carbocycles. The van der Waals surface area contributed by atoms with Gasteiger partial charge in [-0.3, -0.25) is 9.59 Å². The van der Waals surface area contributed by atoms with Crippen molar-refractivity contribution in [2.24, 2.45) is 11.8 Å². The van der Waals surface area contributed by atoms with E-state index in [4.69, 9.17) is 5.11 Å². The Labute approximate surface area is 188 Å². The summed E-state index contributed by atoms with van der Waals surface area (Å²) in [5, 5.41) is 30.8. The van der Waals surface area contributed by atoms with Crippen molar-refractivity contribution in [2.45, 2.75) is 82.8 Å². The van der Waals surface area contributed by atoms with Crippen LogP contribution in [0.1, 0.15) is 69.1 Å². The van der Waals surface area contributed by atoms with Gasteiger partial charge in [-0.1, -0.05) is 37.5 Å². The summed E-state index contributed by atoms with van der Waals surface area (Å²) in [5.41, 5.74) is 0. The van der Waals surface area contributed by atoms with Gasteiger partial charge < -0.3 is 15.3 Å². The first-order valence-electron chi connectivity index (χ1n) is 11.5. The number of hydrogen-bond donors (Lipinski definition) is 3. The van der Waals surface area contributed by atoms with E-state index in [1.807, 2.05) is 12.1 Å². The van der Waals surface area contributed by atoms with Gasteiger partial charge in [-0.25, -0.2) is 0 Å². The highest BCUT2D eigenvalue weighted by Crippen LogP contribution is 2.37. The number of aliphatic carboxylic acids is 1. The number of carboxylic acids is 1. The lowest BCUT2D eigenvalue weighted by Gasteiger charge is -2.22. The first kappa shape index (κ1) is 23.9. The van der Waals surface area contributed by atoms with Crippen LogP contribution in [0.2, 0.25) is 0 Å². The lowest BCUT2D eigenvalue weighted by molar-refractivity contribution is -0.137. The van der Waals surface area contributed by atoms with Crippen LogP contribution in [0.4, 0.5) is 0 Å². The maximum Gasteiger partial charge on any atom is 0.303 e. The Balaban J connectivity index is 1.40. The van der Waals surface area contributed by atoms with Gasteiger partial charge in [-0.2, -0.15) is 0 Å². The van der Waals surface area contributed by atoms with E-state index in [-0.39, 0.29) is 30.5 Å². The molecule has 2 aromatic rings. The lowest BCUT2D eigenvalue weighted by atomic mass is 9.85. The molecule has 6 heteroatoms. The number of aliphatic hydroxyl groups is 2. The van der Waals surface area contributed by atoms with Crippen molar-refractivity contribution in [3.63, 3.8) is 0 Å². The van der Waals surface area contributed by atoms with Crippen LogP contribution in [0, 0.1) is 11.8 Å². The molecule has 0 radical (unpaired) electrons. The van der Waals surface area contributed by atoms with E-state index in [9.17, 15) is 19.8 Å². The second-order valence-corrected chi connectivity index (χ2v) is 10.0. The molecule has 0 spiro atoms. The summed E-state index contributed by atoms with van der Waals surface area (Å²) in [5.74, 6) is -0.822. The molecule has 1 aromatic carbocycles. The third-order valence-electron chi connectivity index (χ3n) is 6.52. The van der Waals surface area contributed by atoms with Crippen LogP contribution in [0.3, 0.4) is 0 Å². The van der Waals surface area contributed by atoms with Gasteiger partial charge in [0.2, 0.25) is 0 Å². The molecule has 3 N–H and O–H groups in total. The van der Waals surface area contributed by atoms with Crippen LogP contribution in [0.15, 0.2) is 30.3 Å². The van der Waals surface area contributed by atoms with Crippen molar-refractivity contribution in [1.82, 2.24) is 0 Å². The van der Waals surface area contributed by atoms with E-state index >= 15 is 0 Å². The molecular weight excluding hydrogens is 412 g/mol. The molecule has 5 nitrogen and oxygen atoms in total. The van der Waals surface area contributed by atoms with Gasteiger partial charge >= 0.3 is 5.97 Å². The summed E-state index contributed by atoms with van der Waals surface area (Å²) < 4.78 is 1.27. The molecule has 0 amide bonds. The smallest absolute Gasteiger partial charge is 0.303 e. The maximum absolute atomic E-state index is 12.4. The summed E-state index contributed by atoms with van der Waals surface area (Å²) in [6.45, 7) is 0. The number of fused-ring (bicyclic) bond motifs is 1. The molecule has 1 aromatic heterocycles. The fraction of sp³-hybridized carbons (Fsp3) is 0.600. The molecule has 170 valence electrons. The van der Waals surface area contributed by atoms with Crippen LogP contribution in [0.25, 0.3) is 10.1 Å². The largest absolute Gasteiger partial charge is 0.481 e. The van der Waals surface area contributed by atoms with Crippen molar-refractivity contribution in [1.29, 1.82) is 0 Å². The quantitative estimate of drug-likeness (QED) is 0.378. The van der Waals surface area contributed by atoms with Gasteiger partial charge in [0.25, 0.3) is 0 Å². The number of ketones is 1. The van der Waals surface area contributed by atoms with Gasteiger partial charge in [0.1, 0.15) is 5.78 Å². The summed E-state index contributed by atoms with van der Waals surface area (Å²) in [7, 11) is 0. The lowest BCUT2D eigenvalue weighted by Crippen LogP contribution is -2.22. The number of carboxylic acid groups (broad SMARTS) is 1. The Bertz CT molecular complexity index is 827. The summed E-state index contributed by atoms with van der Waals surface area (Å²) in [6.07, 6.45) is 6.32. The van der Waals surface area contributed by atoms with Crippen LogP contribution in [0.5, 0.6) is 0 Å². The first-order chi connectivity index (χ1) is 14.9. The van der Waals surface area contributed by atoms with Crippen LogP contribution in [-0.2, 0) is 16.0 Å². The molecule has 0 aliphatic heterocycles. The number of aryl methyl sites for hydroxylation is 1. The zero-order valence-electron chi connectivity index (χ0n) is 18.0. The number of Topliss-reactive ketones (excluding diaryl/α,β-unsaturated/α-hetero) is 1. The highest BCUT2D eigenvalue weighted by molar-refractivity contribution is 7.19. The number of carbonyl (C=O) groups is 2. The van der Waals surface area contributed by atoms with E-state index in [0.717, 1.165) is 32.1 Å². The molecule has 0 bridgehead atoms. The average molecular weight is 447 g/mol. The van der Waals surface area contributed by atoms with Gasteiger partial charge in [0.15, 0.2) is 0 Å². The molecular formula is C25H34O5S. The predicted molar refractivity (Wildman–Crippen MR) is 123 cm³/mol. The molecule has 0 unspecified atom stereocenters. The number of carbonyl (C=O) groups excluding carboxylic acids is 1. The number of thiophene rings is 1. The van der Waals surface area contributed by atoms with Crippen LogP contribution < -0.4 is 0 Å². The van der Waals surface area contributed by atoms with Gasteiger partial charge in [0, 0.05) is 28.3 Å². The van der Waals surface area contributed by atoms with Gasteiger partial charge in [-0.15, -0.1) is 11.3 Å². The van der Waals surface area contributed by atoms with Crippen molar-refractivity contribution in [2.75, 3.05) is 0 Å². The van der Waals surface area contributed by atoms with Crippen molar-refractivity contribution in [3.8, 4) is 0 Å². The number of rotatable bonds is 13. The van der Waals surface area contributed by atoms with Crippen molar-refractivity contribution in [3.05, 3.63) is 35.2 Å². The summed E-state index contributed by atoms with van der Waals surface area (Å²) in [4.78, 5) is 24.2. The van der Waals surface area contributed by atoms with Gasteiger partial charge in [-0.05, 0) is 62.0 Å². The number of benzene rings is 1. The third-order valence-corrected chi connectivity index (χ3v) is 7.70. The van der Waals surface area contributed by atoms with Crippen LogP contribution in [-0.4, -0.2) is 39.3 Å². The Morgan fingerprint density at radius 1 is 1.10 bits per heavy atom. The van der Waals surface area contributed by atoms with E-state index in [1.165, 1.54) is 15.0 Å². The number of aliphatic hydroxyl groups excluding tert-OH is 2. The Hall–Kier alpha value is -1.76. The Morgan fingerprint density at radius 3 is 2.65 bits per heavy atom. The van der Waals surface area contributed by atoms with Gasteiger partial charge in [0.05, 0.1) is 12.2 Å². The zero-order valence-corrected chi connectivity index (χ0v) is 18.9.